The number of hydrogen-bond donors (Lipinski definition) is 3. The van der Waals surface area contributed by atoms with Gasteiger partial charge in [-0.3, -0.25) is 9.59 Å². The molecule has 0 aromatic heterocycles. The predicted octanol–water partition coefficient (Wildman–Crippen LogP) is 2.71. The van der Waals surface area contributed by atoms with Gasteiger partial charge in [0, 0.05) is 12.2 Å². The van der Waals surface area contributed by atoms with Crippen molar-refractivity contribution in [2.75, 3.05) is 11.9 Å². The van der Waals surface area contributed by atoms with Crippen LogP contribution in [0.25, 0.3) is 0 Å². The molecule has 0 amide bonds. The molecule has 1 atom stereocenters. The van der Waals surface area contributed by atoms with Crippen molar-refractivity contribution in [1.82, 2.24) is 0 Å². The van der Waals surface area contributed by atoms with Gasteiger partial charge in [0.2, 0.25) is 0 Å². The first-order valence-electron chi connectivity index (χ1n) is 6.60. The Morgan fingerprint density at radius 1 is 1.25 bits per heavy atom. The van der Waals surface area contributed by atoms with Crippen molar-refractivity contribution in [3.63, 3.8) is 0 Å². The third kappa shape index (κ3) is 4.57. The molecule has 20 heavy (non-hydrogen) atoms. The highest BCUT2D eigenvalue weighted by Crippen LogP contribution is 2.22. The molecule has 0 saturated carbocycles. The van der Waals surface area contributed by atoms with E-state index in [1.165, 1.54) is 5.56 Å². The van der Waals surface area contributed by atoms with Crippen molar-refractivity contribution < 1.29 is 19.8 Å². The third-order valence-corrected chi connectivity index (χ3v) is 3.21. The fourth-order valence-electron chi connectivity index (χ4n) is 2.13. The molecule has 0 radical (unpaired) electrons. The molecular weight excluding hydrogens is 258 g/mol. The molecule has 5 heteroatoms. The van der Waals surface area contributed by atoms with Crippen molar-refractivity contribution >= 4 is 17.6 Å². The minimum absolute atomic E-state index is 0.0993. The maximum atomic E-state index is 11.0. The van der Waals surface area contributed by atoms with Crippen LogP contribution in [0, 0.1) is 12.8 Å². The van der Waals surface area contributed by atoms with Crippen LogP contribution in [0.5, 0.6) is 0 Å². The van der Waals surface area contributed by atoms with E-state index in [1.807, 2.05) is 25.1 Å². The third-order valence-electron chi connectivity index (χ3n) is 3.21. The number of aryl methyl sites for hydroxylation is 1. The Morgan fingerprint density at radius 3 is 2.35 bits per heavy atom. The van der Waals surface area contributed by atoms with Crippen LogP contribution in [-0.2, 0) is 9.59 Å². The number of carboxylic acid groups (broad SMARTS) is 2. The minimum atomic E-state index is -1.11. The normalized spacial score (nSPS) is 12.2. The number of anilines is 1. The molecule has 0 aliphatic rings. The largest absolute Gasteiger partial charge is 0.481 e. The molecule has 110 valence electrons. The lowest BCUT2D eigenvalue weighted by molar-refractivity contribution is -0.147. The van der Waals surface area contributed by atoms with Crippen LogP contribution in [0.2, 0.25) is 0 Å². The van der Waals surface area contributed by atoms with Gasteiger partial charge in [-0.1, -0.05) is 19.9 Å². The van der Waals surface area contributed by atoms with Crippen molar-refractivity contribution in [3.8, 4) is 0 Å². The van der Waals surface area contributed by atoms with E-state index in [-0.39, 0.29) is 13.0 Å². The summed E-state index contributed by atoms with van der Waals surface area (Å²) in [5.41, 5.74) is 3.19. The molecule has 0 saturated heterocycles. The molecule has 1 rings (SSSR count). The first kappa shape index (κ1) is 16.0. The van der Waals surface area contributed by atoms with E-state index in [1.54, 1.807) is 0 Å². The zero-order valence-electron chi connectivity index (χ0n) is 12.0. The summed E-state index contributed by atoms with van der Waals surface area (Å²) in [6, 6.07) is 5.85. The van der Waals surface area contributed by atoms with Gasteiger partial charge in [-0.15, -0.1) is 0 Å². The Morgan fingerprint density at radius 2 is 1.90 bits per heavy atom. The van der Waals surface area contributed by atoms with Gasteiger partial charge in [-0.05, 0) is 36.1 Å². The second-order valence-electron chi connectivity index (χ2n) is 5.24. The average molecular weight is 279 g/mol. The second kappa shape index (κ2) is 6.93. The standard InChI is InChI=1S/C15H21NO4/c1-9(2)13-5-4-12(6-10(13)3)16-8-11(15(19)20)7-14(17)18/h4-6,9,11,16H,7-8H2,1-3H3,(H,17,18)(H,19,20). The Balaban J connectivity index is 2.71. The molecule has 0 aliphatic carbocycles. The van der Waals surface area contributed by atoms with Gasteiger partial charge >= 0.3 is 11.9 Å². The van der Waals surface area contributed by atoms with Crippen LogP contribution in [0.15, 0.2) is 18.2 Å². The second-order valence-corrected chi connectivity index (χ2v) is 5.24. The molecule has 3 N–H and O–H groups in total. The zero-order chi connectivity index (χ0) is 15.3. The molecule has 0 fully saturated rings. The van der Waals surface area contributed by atoms with Gasteiger partial charge in [0.25, 0.3) is 0 Å². The summed E-state index contributed by atoms with van der Waals surface area (Å²) in [5, 5.41) is 20.6. The highest BCUT2D eigenvalue weighted by Gasteiger charge is 2.20. The Kier molecular flexibility index (Phi) is 5.55. The van der Waals surface area contributed by atoms with E-state index in [0.717, 1.165) is 11.3 Å². The smallest absolute Gasteiger partial charge is 0.308 e. The molecule has 0 heterocycles. The zero-order valence-corrected chi connectivity index (χ0v) is 12.0. The number of rotatable bonds is 7. The van der Waals surface area contributed by atoms with Crippen molar-refractivity contribution in [2.45, 2.75) is 33.1 Å². The number of hydrogen-bond acceptors (Lipinski definition) is 3. The molecule has 0 bridgehead atoms. The van der Waals surface area contributed by atoms with Crippen LogP contribution in [0.1, 0.15) is 37.3 Å². The van der Waals surface area contributed by atoms with E-state index in [9.17, 15) is 9.59 Å². The minimum Gasteiger partial charge on any atom is -0.481 e. The van der Waals surface area contributed by atoms with Gasteiger partial charge in [-0.25, -0.2) is 0 Å². The maximum Gasteiger partial charge on any atom is 0.308 e. The van der Waals surface area contributed by atoms with Gasteiger partial charge in [0.1, 0.15) is 0 Å². The monoisotopic (exact) mass is 279 g/mol. The van der Waals surface area contributed by atoms with E-state index in [2.05, 4.69) is 19.2 Å². The van der Waals surface area contributed by atoms with Crippen LogP contribution in [0.4, 0.5) is 5.69 Å². The number of nitrogens with one attached hydrogen (secondary N) is 1. The van der Waals surface area contributed by atoms with Crippen molar-refractivity contribution in [2.24, 2.45) is 5.92 Å². The summed E-state index contributed by atoms with van der Waals surface area (Å²) in [5.74, 6) is -2.71. The van der Waals surface area contributed by atoms with Crippen molar-refractivity contribution in [3.05, 3.63) is 29.3 Å². The molecule has 0 aliphatic heterocycles. The lowest BCUT2D eigenvalue weighted by Gasteiger charge is -2.15. The van der Waals surface area contributed by atoms with E-state index in [0.29, 0.717) is 5.92 Å². The topological polar surface area (TPSA) is 86.6 Å². The Labute approximate surface area is 118 Å². The molecule has 5 nitrogen and oxygen atoms in total. The first-order chi connectivity index (χ1) is 9.31. The van der Waals surface area contributed by atoms with Crippen LogP contribution >= 0.6 is 0 Å². The summed E-state index contributed by atoms with van der Waals surface area (Å²) < 4.78 is 0. The fraction of sp³-hybridized carbons (Fsp3) is 0.467. The number of carboxylic acids is 2. The highest BCUT2D eigenvalue weighted by atomic mass is 16.4. The summed E-state index contributed by atoms with van der Waals surface area (Å²) in [6.07, 6.45) is -0.384. The van der Waals surface area contributed by atoms with E-state index >= 15 is 0 Å². The lowest BCUT2D eigenvalue weighted by atomic mass is 9.97. The average Bonchev–Trinajstić information content (AvgIpc) is 2.33. The van der Waals surface area contributed by atoms with E-state index in [4.69, 9.17) is 10.2 Å². The number of benzene rings is 1. The fourth-order valence-corrected chi connectivity index (χ4v) is 2.13. The van der Waals surface area contributed by atoms with Gasteiger partial charge in [0.15, 0.2) is 0 Å². The molecule has 1 aromatic rings. The lowest BCUT2D eigenvalue weighted by Crippen LogP contribution is -2.25. The quantitative estimate of drug-likeness (QED) is 0.714. The predicted molar refractivity (Wildman–Crippen MR) is 77.1 cm³/mol. The Hall–Kier alpha value is -2.04. The van der Waals surface area contributed by atoms with Crippen LogP contribution < -0.4 is 5.32 Å². The van der Waals surface area contributed by atoms with Crippen LogP contribution in [-0.4, -0.2) is 28.7 Å². The van der Waals surface area contributed by atoms with Crippen LogP contribution in [0.3, 0.4) is 0 Å². The van der Waals surface area contributed by atoms with Gasteiger partial charge < -0.3 is 15.5 Å². The highest BCUT2D eigenvalue weighted by molar-refractivity contribution is 5.78. The SMILES string of the molecule is Cc1cc(NCC(CC(=O)O)C(=O)O)ccc1C(C)C. The number of aliphatic carboxylic acids is 2. The summed E-state index contributed by atoms with van der Waals surface area (Å²) in [4.78, 5) is 21.6. The summed E-state index contributed by atoms with van der Waals surface area (Å²) in [6.45, 7) is 6.33. The van der Waals surface area contributed by atoms with Crippen molar-refractivity contribution in [1.29, 1.82) is 0 Å². The maximum absolute atomic E-state index is 11.0. The molecular formula is C15H21NO4. The number of carbonyl (C=O) groups is 2. The Bertz CT molecular complexity index is 497. The molecule has 1 aromatic carbocycles. The summed E-state index contributed by atoms with van der Waals surface area (Å²) >= 11 is 0. The molecule has 0 spiro atoms. The molecule has 1 unspecified atom stereocenters. The van der Waals surface area contributed by atoms with E-state index < -0.39 is 17.9 Å². The first-order valence-corrected chi connectivity index (χ1v) is 6.60. The van der Waals surface area contributed by atoms with Gasteiger partial charge in [0.05, 0.1) is 12.3 Å². The van der Waals surface area contributed by atoms with Gasteiger partial charge in [-0.2, -0.15) is 0 Å². The summed E-state index contributed by atoms with van der Waals surface area (Å²) in [7, 11) is 0.